The summed E-state index contributed by atoms with van der Waals surface area (Å²) in [6.45, 7) is 3.55. The highest BCUT2D eigenvalue weighted by atomic mass is 16.5. The van der Waals surface area contributed by atoms with Gasteiger partial charge in [-0.05, 0) is 41.5 Å². The predicted molar refractivity (Wildman–Crippen MR) is 135 cm³/mol. The van der Waals surface area contributed by atoms with Crippen molar-refractivity contribution in [3.63, 3.8) is 0 Å². The van der Waals surface area contributed by atoms with Crippen LogP contribution in [0.1, 0.15) is 42.4 Å². The van der Waals surface area contributed by atoms with Gasteiger partial charge in [0, 0.05) is 13.0 Å². The monoisotopic (exact) mass is 456 g/mol. The molecule has 1 N–H and O–H groups in total. The molecule has 1 aliphatic rings. The number of rotatable bonds is 9. The molecule has 0 radical (unpaired) electrons. The van der Waals surface area contributed by atoms with Crippen LogP contribution in [0.5, 0.6) is 5.75 Å². The van der Waals surface area contributed by atoms with Gasteiger partial charge in [-0.15, -0.1) is 0 Å². The van der Waals surface area contributed by atoms with E-state index in [0.29, 0.717) is 38.3 Å². The molecule has 1 heterocycles. The highest BCUT2D eigenvalue weighted by Crippen LogP contribution is 2.37. The van der Waals surface area contributed by atoms with Crippen LogP contribution in [0.3, 0.4) is 0 Å². The molecule has 0 fully saturated rings. The van der Waals surface area contributed by atoms with Crippen LogP contribution in [0.4, 0.5) is 5.69 Å². The van der Waals surface area contributed by atoms with E-state index >= 15 is 0 Å². The molecule has 176 valence electrons. The second-order valence-corrected chi connectivity index (χ2v) is 8.79. The lowest BCUT2D eigenvalue weighted by molar-refractivity contribution is -0.120. The molecule has 2 amide bonds. The molecular formula is C29H32N2O3. The van der Waals surface area contributed by atoms with Crippen molar-refractivity contribution in [2.75, 3.05) is 24.6 Å². The Morgan fingerprint density at radius 2 is 1.71 bits per heavy atom. The van der Waals surface area contributed by atoms with Gasteiger partial charge >= 0.3 is 0 Å². The molecular weight excluding hydrogens is 424 g/mol. The summed E-state index contributed by atoms with van der Waals surface area (Å²) < 4.78 is 6.07. The van der Waals surface area contributed by atoms with Crippen LogP contribution in [0.25, 0.3) is 0 Å². The third-order valence-corrected chi connectivity index (χ3v) is 6.22. The minimum atomic E-state index is -0.0309. The summed E-state index contributed by atoms with van der Waals surface area (Å²) in [5.74, 6) is 0.934. The van der Waals surface area contributed by atoms with Crippen molar-refractivity contribution in [2.24, 2.45) is 0 Å². The number of anilines is 1. The number of nitrogens with zero attached hydrogens (tertiary/aromatic N) is 1. The average molecular weight is 457 g/mol. The molecule has 34 heavy (non-hydrogen) atoms. The number of para-hydroxylation sites is 1. The fourth-order valence-corrected chi connectivity index (χ4v) is 4.45. The topological polar surface area (TPSA) is 58.6 Å². The molecule has 0 aliphatic carbocycles. The van der Waals surface area contributed by atoms with Crippen LogP contribution in [-0.2, 0) is 22.4 Å². The van der Waals surface area contributed by atoms with Crippen LogP contribution < -0.4 is 15.0 Å². The summed E-state index contributed by atoms with van der Waals surface area (Å²) in [5.41, 5.74) is 4.17. The van der Waals surface area contributed by atoms with Crippen molar-refractivity contribution in [1.82, 2.24) is 5.32 Å². The van der Waals surface area contributed by atoms with Crippen molar-refractivity contribution >= 4 is 17.5 Å². The second-order valence-electron chi connectivity index (χ2n) is 8.79. The van der Waals surface area contributed by atoms with Crippen LogP contribution in [-0.4, -0.2) is 31.5 Å². The number of hydrogen-bond donors (Lipinski definition) is 1. The number of fused-ring (bicyclic) bond motifs is 1. The molecule has 0 unspecified atom stereocenters. The van der Waals surface area contributed by atoms with Crippen molar-refractivity contribution in [2.45, 2.75) is 38.5 Å². The maximum absolute atomic E-state index is 13.3. The number of ether oxygens (including phenoxy) is 1. The number of carbonyl (C=O) groups is 2. The Morgan fingerprint density at radius 3 is 2.47 bits per heavy atom. The number of carbonyl (C=O) groups excluding carboxylic acids is 2. The zero-order valence-electron chi connectivity index (χ0n) is 19.7. The highest BCUT2D eigenvalue weighted by molar-refractivity contribution is 5.96. The maximum atomic E-state index is 13.3. The van der Waals surface area contributed by atoms with Gasteiger partial charge in [-0.25, -0.2) is 0 Å². The summed E-state index contributed by atoms with van der Waals surface area (Å²) >= 11 is 0. The molecule has 5 nitrogen and oxygen atoms in total. The summed E-state index contributed by atoms with van der Waals surface area (Å²) in [6, 6.07) is 25.8. The Labute approximate surface area is 201 Å². The first-order chi connectivity index (χ1) is 16.6. The second kappa shape index (κ2) is 11.5. The standard InChI is InChI=1S/C29H32N2O3/c1-22(24-12-6-3-7-13-24)20-28(33)31-18-9-15-25-14-8-16-26(29(25)31)34-19-17-30-27(32)21-23-10-4-2-5-11-23/h2-8,10-14,16,22H,9,15,17-21H2,1H3,(H,30,32)/t22-/m0/s1. The average Bonchev–Trinajstić information content (AvgIpc) is 2.87. The number of aryl methyl sites for hydroxylation is 1. The Hall–Kier alpha value is -3.60. The lowest BCUT2D eigenvalue weighted by Gasteiger charge is -2.32. The van der Waals surface area contributed by atoms with Gasteiger partial charge in [0.25, 0.3) is 0 Å². The van der Waals surface area contributed by atoms with E-state index in [2.05, 4.69) is 30.4 Å². The molecule has 3 aromatic rings. The van der Waals surface area contributed by atoms with E-state index in [0.717, 1.165) is 29.7 Å². The fourth-order valence-electron chi connectivity index (χ4n) is 4.45. The molecule has 1 aliphatic heterocycles. The van der Waals surface area contributed by atoms with Crippen LogP contribution in [0.15, 0.2) is 78.9 Å². The van der Waals surface area contributed by atoms with E-state index in [1.54, 1.807) is 0 Å². The molecule has 1 atom stereocenters. The summed E-state index contributed by atoms with van der Waals surface area (Å²) in [7, 11) is 0. The predicted octanol–water partition coefficient (Wildman–Crippen LogP) is 4.90. The van der Waals surface area contributed by atoms with Crippen molar-refractivity contribution in [3.8, 4) is 5.75 Å². The zero-order valence-corrected chi connectivity index (χ0v) is 19.7. The van der Waals surface area contributed by atoms with Gasteiger partial charge in [0.2, 0.25) is 11.8 Å². The summed E-state index contributed by atoms with van der Waals surface area (Å²) in [6.07, 6.45) is 2.67. The minimum absolute atomic E-state index is 0.0309. The molecule has 3 aromatic carbocycles. The minimum Gasteiger partial charge on any atom is -0.490 e. The van der Waals surface area contributed by atoms with Crippen LogP contribution in [0.2, 0.25) is 0 Å². The van der Waals surface area contributed by atoms with Gasteiger partial charge in [-0.2, -0.15) is 0 Å². The van der Waals surface area contributed by atoms with Crippen molar-refractivity contribution < 1.29 is 14.3 Å². The van der Waals surface area contributed by atoms with E-state index in [-0.39, 0.29) is 17.7 Å². The molecule has 0 saturated carbocycles. The Morgan fingerprint density at radius 1 is 0.971 bits per heavy atom. The normalized spacial score (nSPS) is 13.6. The molecule has 4 rings (SSSR count). The number of benzene rings is 3. The third kappa shape index (κ3) is 6.04. The van der Waals surface area contributed by atoms with E-state index < -0.39 is 0 Å². The van der Waals surface area contributed by atoms with Gasteiger partial charge in [-0.1, -0.05) is 79.7 Å². The number of hydrogen-bond acceptors (Lipinski definition) is 3. The van der Waals surface area contributed by atoms with E-state index in [4.69, 9.17) is 4.74 Å². The van der Waals surface area contributed by atoms with E-state index in [1.165, 1.54) is 5.56 Å². The van der Waals surface area contributed by atoms with Gasteiger partial charge in [0.05, 0.1) is 18.7 Å². The summed E-state index contributed by atoms with van der Waals surface area (Å²) in [5, 5.41) is 2.92. The largest absolute Gasteiger partial charge is 0.490 e. The Balaban J connectivity index is 1.36. The summed E-state index contributed by atoms with van der Waals surface area (Å²) in [4.78, 5) is 27.4. The van der Waals surface area contributed by atoms with Gasteiger partial charge in [0.15, 0.2) is 0 Å². The smallest absolute Gasteiger partial charge is 0.227 e. The maximum Gasteiger partial charge on any atom is 0.227 e. The van der Waals surface area contributed by atoms with Gasteiger partial charge in [0.1, 0.15) is 12.4 Å². The lowest BCUT2D eigenvalue weighted by Crippen LogP contribution is -2.36. The van der Waals surface area contributed by atoms with Gasteiger partial charge in [-0.3, -0.25) is 9.59 Å². The molecule has 0 bridgehead atoms. The molecule has 5 heteroatoms. The molecule has 0 saturated heterocycles. The highest BCUT2D eigenvalue weighted by Gasteiger charge is 2.27. The number of amides is 2. The first kappa shape index (κ1) is 23.6. The number of nitrogens with one attached hydrogen (secondary N) is 1. The quantitative estimate of drug-likeness (QED) is 0.466. The Bertz CT molecular complexity index is 1100. The van der Waals surface area contributed by atoms with E-state index in [9.17, 15) is 9.59 Å². The van der Waals surface area contributed by atoms with Gasteiger partial charge < -0.3 is 15.0 Å². The zero-order chi connectivity index (χ0) is 23.8. The van der Waals surface area contributed by atoms with Crippen molar-refractivity contribution in [1.29, 1.82) is 0 Å². The van der Waals surface area contributed by atoms with Crippen molar-refractivity contribution in [3.05, 3.63) is 95.6 Å². The van der Waals surface area contributed by atoms with Crippen LogP contribution in [0, 0.1) is 0 Å². The Kier molecular flexibility index (Phi) is 7.97. The molecule has 0 spiro atoms. The van der Waals surface area contributed by atoms with E-state index in [1.807, 2.05) is 65.6 Å². The fraction of sp³-hybridized carbons (Fsp3) is 0.310. The first-order valence-electron chi connectivity index (χ1n) is 12.0. The lowest BCUT2D eigenvalue weighted by atomic mass is 9.95. The van der Waals surface area contributed by atoms with Crippen LogP contribution >= 0.6 is 0 Å². The molecule has 0 aromatic heterocycles. The third-order valence-electron chi connectivity index (χ3n) is 6.22. The first-order valence-corrected chi connectivity index (χ1v) is 12.0. The SMILES string of the molecule is C[C@@H](CC(=O)N1CCCc2cccc(OCCNC(=O)Cc3ccccc3)c21)c1ccccc1.